The zero-order chi connectivity index (χ0) is 11.0. The first-order valence-corrected chi connectivity index (χ1v) is 5.11. The van der Waals surface area contributed by atoms with Crippen LogP contribution in [0.5, 0.6) is 0 Å². The van der Waals surface area contributed by atoms with Crippen LogP contribution in [0.25, 0.3) is 10.9 Å². The van der Waals surface area contributed by atoms with Gasteiger partial charge in [-0.2, -0.15) is 4.57 Å². The summed E-state index contributed by atoms with van der Waals surface area (Å²) in [6.07, 6.45) is 0. The van der Waals surface area contributed by atoms with Crippen molar-refractivity contribution in [3.63, 3.8) is 0 Å². The minimum absolute atomic E-state index is 0. The molecule has 1 aromatic carbocycles. The Kier molecular flexibility index (Phi) is 3.60. The summed E-state index contributed by atoms with van der Waals surface area (Å²) in [6, 6.07) is 7.85. The molecule has 86 valence electrons. The number of anilines is 2. The number of benzene rings is 1. The van der Waals surface area contributed by atoms with Crippen molar-refractivity contribution in [1.82, 2.24) is 0 Å². The van der Waals surface area contributed by atoms with Gasteiger partial charge in [0.15, 0.2) is 5.69 Å². The van der Waals surface area contributed by atoms with Crippen molar-refractivity contribution >= 4 is 22.3 Å². The van der Waals surface area contributed by atoms with Crippen molar-refractivity contribution in [3.8, 4) is 0 Å². The molecule has 2 aromatic rings. The van der Waals surface area contributed by atoms with Crippen LogP contribution in [0, 0.1) is 6.92 Å². The summed E-state index contributed by atoms with van der Waals surface area (Å²) in [5.41, 5.74) is 15.6. The average molecular weight is 238 g/mol. The van der Waals surface area contributed by atoms with Crippen molar-refractivity contribution < 1.29 is 17.0 Å². The van der Waals surface area contributed by atoms with E-state index in [-0.39, 0.29) is 12.4 Å². The summed E-state index contributed by atoms with van der Waals surface area (Å²) >= 11 is 0. The molecule has 0 aliphatic heterocycles. The second-order valence-corrected chi connectivity index (χ2v) is 3.76. The predicted octanol–water partition coefficient (Wildman–Crippen LogP) is -1.38. The standard InChI is InChI=1S/C12H15N3.ClH/c1-3-15-8(2)6-11(14)10-7-9(13)4-5-12(10)15;/h4-7,14H,3,13H2,1-2H3;1H. The van der Waals surface area contributed by atoms with Gasteiger partial charge in [-0.3, -0.25) is 0 Å². The maximum atomic E-state index is 5.98. The smallest absolute Gasteiger partial charge is 0.214 e. The maximum Gasteiger partial charge on any atom is 0.214 e. The molecule has 1 heterocycles. The summed E-state index contributed by atoms with van der Waals surface area (Å²) in [4.78, 5) is 0. The number of pyridine rings is 1. The van der Waals surface area contributed by atoms with Gasteiger partial charge in [-0.1, -0.05) is 0 Å². The predicted molar refractivity (Wildman–Crippen MR) is 63.4 cm³/mol. The number of nitrogens with two attached hydrogens (primary N) is 2. The Morgan fingerprint density at radius 3 is 2.50 bits per heavy atom. The molecule has 3 nitrogen and oxygen atoms in total. The van der Waals surface area contributed by atoms with Crippen LogP contribution in [0.2, 0.25) is 0 Å². The summed E-state index contributed by atoms with van der Waals surface area (Å²) in [7, 11) is 0. The molecule has 0 radical (unpaired) electrons. The number of hydrogen-bond donors (Lipinski definition) is 2. The highest BCUT2D eigenvalue weighted by Crippen LogP contribution is 2.21. The van der Waals surface area contributed by atoms with E-state index in [2.05, 4.69) is 18.4 Å². The van der Waals surface area contributed by atoms with E-state index in [9.17, 15) is 0 Å². The number of nitrogen functional groups attached to an aromatic ring is 2. The highest BCUT2D eigenvalue weighted by atomic mass is 35.5. The number of aromatic nitrogens is 1. The van der Waals surface area contributed by atoms with Gasteiger partial charge in [-0.25, -0.2) is 0 Å². The van der Waals surface area contributed by atoms with E-state index < -0.39 is 0 Å². The van der Waals surface area contributed by atoms with E-state index in [0.29, 0.717) is 0 Å². The lowest BCUT2D eigenvalue weighted by Crippen LogP contribution is -3.00. The Morgan fingerprint density at radius 1 is 1.19 bits per heavy atom. The third-order valence-electron chi connectivity index (χ3n) is 2.73. The maximum absolute atomic E-state index is 5.98. The molecule has 0 bridgehead atoms. The summed E-state index contributed by atoms with van der Waals surface area (Å²) in [5.74, 6) is 0. The fraction of sp³-hybridized carbons (Fsp3) is 0.250. The van der Waals surface area contributed by atoms with E-state index in [1.165, 1.54) is 5.69 Å². The quantitative estimate of drug-likeness (QED) is 0.475. The first-order chi connectivity index (χ1) is 7.13. The van der Waals surface area contributed by atoms with Gasteiger partial charge in [-0.05, 0) is 19.1 Å². The zero-order valence-corrected chi connectivity index (χ0v) is 10.3. The Bertz CT molecular complexity index is 523. The average Bonchev–Trinajstić information content (AvgIpc) is 2.19. The number of rotatable bonds is 1. The van der Waals surface area contributed by atoms with Gasteiger partial charge in [0.1, 0.15) is 6.54 Å². The molecule has 0 fully saturated rings. The van der Waals surface area contributed by atoms with Crippen molar-refractivity contribution in [1.29, 1.82) is 0 Å². The molecule has 0 amide bonds. The first-order valence-electron chi connectivity index (χ1n) is 5.11. The third-order valence-corrected chi connectivity index (χ3v) is 2.73. The van der Waals surface area contributed by atoms with Crippen LogP contribution in [-0.2, 0) is 6.54 Å². The second kappa shape index (κ2) is 4.58. The number of halogens is 1. The third kappa shape index (κ3) is 1.91. The first kappa shape index (κ1) is 12.6. The lowest BCUT2D eigenvalue weighted by atomic mass is 10.1. The van der Waals surface area contributed by atoms with Gasteiger partial charge in [0.25, 0.3) is 0 Å². The molecule has 0 saturated heterocycles. The molecule has 0 atom stereocenters. The van der Waals surface area contributed by atoms with Crippen LogP contribution in [0.1, 0.15) is 12.6 Å². The molecule has 16 heavy (non-hydrogen) atoms. The second-order valence-electron chi connectivity index (χ2n) is 3.76. The largest absolute Gasteiger partial charge is 1.00 e. The zero-order valence-electron chi connectivity index (χ0n) is 9.50. The minimum atomic E-state index is 0. The van der Waals surface area contributed by atoms with Crippen LogP contribution in [0.4, 0.5) is 11.4 Å². The van der Waals surface area contributed by atoms with Crippen molar-refractivity contribution in [2.24, 2.45) is 0 Å². The van der Waals surface area contributed by atoms with Gasteiger partial charge < -0.3 is 23.9 Å². The lowest BCUT2D eigenvalue weighted by Gasteiger charge is -2.05. The minimum Gasteiger partial charge on any atom is -1.00 e. The van der Waals surface area contributed by atoms with E-state index in [1.54, 1.807) is 0 Å². The highest BCUT2D eigenvalue weighted by Gasteiger charge is 2.13. The molecule has 0 spiro atoms. The summed E-state index contributed by atoms with van der Waals surface area (Å²) < 4.78 is 2.23. The molecule has 4 N–H and O–H groups in total. The van der Waals surface area contributed by atoms with Crippen molar-refractivity contribution in [3.05, 3.63) is 30.0 Å². The molecule has 0 aliphatic carbocycles. The Balaban J connectivity index is 0.00000128. The normalized spacial score (nSPS) is 10.1. The Morgan fingerprint density at radius 2 is 1.88 bits per heavy atom. The monoisotopic (exact) mass is 237 g/mol. The molecule has 0 aliphatic rings. The summed E-state index contributed by atoms with van der Waals surface area (Å²) in [6.45, 7) is 5.13. The topological polar surface area (TPSA) is 55.9 Å². The molecule has 1 aromatic heterocycles. The van der Waals surface area contributed by atoms with Crippen LogP contribution < -0.4 is 28.4 Å². The van der Waals surface area contributed by atoms with E-state index in [1.807, 2.05) is 24.3 Å². The van der Waals surface area contributed by atoms with Crippen molar-refractivity contribution in [2.45, 2.75) is 20.4 Å². The fourth-order valence-electron chi connectivity index (χ4n) is 2.01. The number of fused-ring (bicyclic) bond motifs is 1. The highest BCUT2D eigenvalue weighted by molar-refractivity contribution is 5.90. The van der Waals surface area contributed by atoms with Gasteiger partial charge in [0.2, 0.25) is 5.52 Å². The van der Waals surface area contributed by atoms with Gasteiger partial charge >= 0.3 is 0 Å². The van der Waals surface area contributed by atoms with Gasteiger partial charge in [0, 0.05) is 24.7 Å². The molecular formula is C12H16ClN3. The molecular weight excluding hydrogens is 222 g/mol. The molecule has 0 saturated carbocycles. The molecule has 0 unspecified atom stereocenters. The van der Waals surface area contributed by atoms with Crippen LogP contribution in [0.15, 0.2) is 24.3 Å². The van der Waals surface area contributed by atoms with E-state index >= 15 is 0 Å². The van der Waals surface area contributed by atoms with Crippen molar-refractivity contribution in [2.75, 3.05) is 11.5 Å². The van der Waals surface area contributed by atoms with E-state index in [0.717, 1.165) is 28.8 Å². The van der Waals surface area contributed by atoms with Crippen LogP contribution >= 0.6 is 0 Å². The van der Waals surface area contributed by atoms with Gasteiger partial charge in [0.05, 0.1) is 11.1 Å². The Hall–Kier alpha value is -1.48. The summed E-state index contributed by atoms with van der Waals surface area (Å²) in [5, 5.41) is 1.03. The fourth-order valence-corrected chi connectivity index (χ4v) is 2.01. The SMILES string of the molecule is CC[n+]1c(C)cc(N)c2cc(N)ccc21.[Cl-]. The van der Waals surface area contributed by atoms with Crippen LogP contribution in [-0.4, -0.2) is 0 Å². The van der Waals surface area contributed by atoms with Gasteiger partial charge in [-0.15, -0.1) is 0 Å². The Labute approximate surface area is 101 Å². The number of aryl methyl sites for hydroxylation is 2. The molecule has 2 rings (SSSR count). The number of hydrogen-bond acceptors (Lipinski definition) is 2. The molecule has 4 heteroatoms. The lowest BCUT2D eigenvalue weighted by molar-refractivity contribution is -0.673. The van der Waals surface area contributed by atoms with E-state index in [4.69, 9.17) is 11.5 Å². The van der Waals surface area contributed by atoms with Crippen LogP contribution in [0.3, 0.4) is 0 Å². The number of nitrogens with zero attached hydrogens (tertiary/aromatic N) is 1.